The minimum absolute atomic E-state index is 0.0727. The van der Waals surface area contributed by atoms with Gasteiger partial charge in [0.15, 0.2) is 0 Å². The van der Waals surface area contributed by atoms with Crippen molar-refractivity contribution in [3.63, 3.8) is 0 Å². The molecule has 0 saturated carbocycles. The molecule has 1 atom stereocenters. The van der Waals surface area contributed by atoms with Crippen molar-refractivity contribution in [3.8, 4) is 0 Å². The molecule has 3 heterocycles. The van der Waals surface area contributed by atoms with E-state index in [2.05, 4.69) is 36.4 Å². The van der Waals surface area contributed by atoms with Crippen LogP contribution >= 0.6 is 0 Å². The summed E-state index contributed by atoms with van der Waals surface area (Å²) in [5.74, 6) is 0.331. The van der Waals surface area contributed by atoms with Gasteiger partial charge in [0.05, 0.1) is 19.1 Å². The molecule has 10 heteroatoms. The Balaban J connectivity index is 1.65. The van der Waals surface area contributed by atoms with Crippen LogP contribution in [0.15, 0.2) is 12.4 Å². The van der Waals surface area contributed by atoms with Gasteiger partial charge >= 0.3 is 0 Å². The third kappa shape index (κ3) is 3.36. The van der Waals surface area contributed by atoms with Crippen LogP contribution in [0, 0.1) is 0 Å². The minimum Gasteiger partial charge on any atom is -0.368 e. The Labute approximate surface area is 122 Å². The highest BCUT2D eigenvalue weighted by atomic mass is 16.1. The number of carbonyl (C=O) groups excluding carboxylic acids is 1. The number of hydrazine groups is 2. The van der Waals surface area contributed by atoms with Crippen LogP contribution in [-0.2, 0) is 4.79 Å². The molecule has 2 fully saturated rings. The van der Waals surface area contributed by atoms with Crippen LogP contribution in [0.3, 0.4) is 0 Å². The molecule has 3 rings (SSSR count). The summed E-state index contributed by atoms with van der Waals surface area (Å²) in [5, 5.41) is 7.91. The van der Waals surface area contributed by atoms with Crippen LogP contribution in [0.5, 0.6) is 0 Å². The maximum atomic E-state index is 11.4. The lowest BCUT2D eigenvalue weighted by molar-refractivity contribution is -0.120. The van der Waals surface area contributed by atoms with Crippen LogP contribution in [0.25, 0.3) is 0 Å². The summed E-state index contributed by atoms with van der Waals surface area (Å²) in [7, 11) is 0. The maximum absolute atomic E-state index is 11.4. The van der Waals surface area contributed by atoms with Crippen molar-refractivity contribution in [2.45, 2.75) is 12.7 Å². The predicted molar refractivity (Wildman–Crippen MR) is 76.2 cm³/mol. The highest BCUT2D eigenvalue weighted by molar-refractivity contribution is 5.76. The van der Waals surface area contributed by atoms with Crippen molar-refractivity contribution >= 4 is 17.5 Å². The summed E-state index contributed by atoms with van der Waals surface area (Å²) in [4.78, 5) is 21.5. The van der Waals surface area contributed by atoms with Gasteiger partial charge in [0.2, 0.25) is 11.9 Å². The number of amides is 1. The number of rotatable bonds is 2. The molecule has 114 valence electrons. The number of anilines is 2. The molecule has 1 aromatic rings. The summed E-state index contributed by atoms with van der Waals surface area (Å²) in [5.41, 5.74) is 12.7. The van der Waals surface area contributed by atoms with E-state index in [4.69, 9.17) is 5.73 Å². The van der Waals surface area contributed by atoms with E-state index in [9.17, 15) is 4.79 Å². The topological polar surface area (TPSA) is 123 Å². The van der Waals surface area contributed by atoms with E-state index >= 15 is 0 Å². The van der Waals surface area contributed by atoms with Crippen LogP contribution in [0.4, 0.5) is 11.6 Å². The van der Waals surface area contributed by atoms with Gasteiger partial charge in [-0.3, -0.25) is 15.0 Å². The predicted octanol–water partition coefficient (Wildman–Crippen LogP) is -2.46. The van der Waals surface area contributed by atoms with E-state index in [1.807, 2.05) is 0 Å². The molecule has 1 unspecified atom stereocenters. The fourth-order valence-electron chi connectivity index (χ4n) is 2.30. The average molecular weight is 293 g/mol. The molecule has 10 nitrogen and oxygen atoms in total. The van der Waals surface area contributed by atoms with Crippen molar-refractivity contribution in [2.75, 3.05) is 37.2 Å². The van der Waals surface area contributed by atoms with Gasteiger partial charge in [0, 0.05) is 26.1 Å². The molecule has 0 spiro atoms. The fourth-order valence-corrected chi connectivity index (χ4v) is 2.30. The zero-order valence-electron chi connectivity index (χ0n) is 11.5. The van der Waals surface area contributed by atoms with Crippen molar-refractivity contribution in [3.05, 3.63) is 12.4 Å². The highest BCUT2D eigenvalue weighted by Crippen LogP contribution is 2.10. The van der Waals surface area contributed by atoms with Gasteiger partial charge in [-0.2, -0.15) is 5.43 Å². The quantitative estimate of drug-likeness (QED) is 0.404. The van der Waals surface area contributed by atoms with Crippen molar-refractivity contribution < 1.29 is 4.79 Å². The molecule has 1 amide bonds. The third-order valence-electron chi connectivity index (χ3n) is 3.41. The normalized spacial score (nSPS) is 24.5. The molecular formula is C11H19N9O. The monoisotopic (exact) mass is 293 g/mol. The van der Waals surface area contributed by atoms with E-state index in [1.165, 1.54) is 0 Å². The Morgan fingerprint density at radius 1 is 1.29 bits per heavy atom. The second-order valence-corrected chi connectivity index (χ2v) is 4.84. The lowest BCUT2D eigenvalue weighted by Gasteiger charge is -2.41. The van der Waals surface area contributed by atoms with Gasteiger partial charge in [-0.05, 0) is 0 Å². The molecule has 0 radical (unpaired) electrons. The maximum Gasteiger partial charge on any atom is 0.221 e. The fraction of sp³-hybridized carbons (Fsp3) is 0.545. The van der Waals surface area contributed by atoms with Crippen LogP contribution in [0.2, 0.25) is 0 Å². The van der Waals surface area contributed by atoms with Crippen molar-refractivity contribution in [2.24, 2.45) is 0 Å². The van der Waals surface area contributed by atoms with E-state index in [0.717, 1.165) is 12.2 Å². The first-order valence-electron chi connectivity index (χ1n) is 6.84. The first kappa shape index (κ1) is 13.9. The first-order chi connectivity index (χ1) is 10.2. The Bertz CT molecular complexity index is 493. The van der Waals surface area contributed by atoms with E-state index in [0.29, 0.717) is 26.2 Å². The highest BCUT2D eigenvalue weighted by Gasteiger charge is 2.26. The second kappa shape index (κ2) is 6.18. The largest absolute Gasteiger partial charge is 0.368 e. The Morgan fingerprint density at radius 2 is 2.10 bits per heavy atom. The van der Waals surface area contributed by atoms with E-state index in [1.54, 1.807) is 17.5 Å². The van der Waals surface area contributed by atoms with Crippen LogP contribution < -0.4 is 32.3 Å². The van der Waals surface area contributed by atoms with Gasteiger partial charge in [0.25, 0.3) is 0 Å². The average Bonchev–Trinajstić information content (AvgIpc) is 2.73. The lowest BCUT2D eigenvalue weighted by Crippen LogP contribution is -2.70. The van der Waals surface area contributed by atoms with E-state index < -0.39 is 0 Å². The molecule has 0 bridgehead atoms. The summed E-state index contributed by atoms with van der Waals surface area (Å²) >= 11 is 0. The number of aromatic nitrogens is 2. The summed E-state index contributed by atoms with van der Waals surface area (Å²) < 4.78 is 0. The Kier molecular flexibility index (Phi) is 4.10. The number of hydrogen-bond donors (Lipinski definition) is 5. The lowest BCUT2D eigenvalue weighted by atomic mass is 10.4. The number of nitrogens with two attached hydrogens (primary N) is 1. The van der Waals surface area contributed by atoms with Crippen LogP contribution in [-0.4, -0.2) is 53.4 Å². The summed E-state index contributed by atoms with van der Waals surface area (Å²) in [6.45, 7) is 2.71. The number of nitrogens with zero attached hydrogens (tertiary/aromatic N) is 4. The zero-order valence-corrected chi connectivity index (χ0v) is 11.5. The zero-order chi connectivity index (χ0) is 14.7. The molecular weight excluding hydrogens is 274 g/mol. The Morgan fingerprint density at radius 3 is 2.90 bits per heavy atom. The Hall–Kier alpha value is -2.01. The van der Waals surface area contributed by atoms with Gasteiger partial charge in [-0.25, -0.2) is 20.5 Å². The molecule has 6 N–H and O–H groups in total. The molecule has 2 aliphatic rings. The van der Waals surface area contributed by atoms with Crippen molar-refractivity contribution in [1.29, 1.82) is 0 Å². The molecule has 2 saturated heterocycles. The molecule has 0 aliphatic carbocycles. The molecule has 21 heavy (non-hydrogen) atoms. The number of nitrogens with one attached hydrogen (secondary N) is 4. The van der Waals surface area contributed by atoms with Gasteiger partial charge in [-0.1, -0.05) is 0 Å². The summed E-state index contributed by atoms with van der Waals surface area (Å²) in [6.07, 6.45) is 3.70. The minimum atomic E-state index is -0.0727. The number of nitrogen functional groups attached to an aromatic ring is 1. The summed E-state index contributed by atoms with van der Waals surface area (Å²) in [6, 6.07) is 0. The SMILES string of the molecule is Nc1ncc(N2NCNC(N3CCNC(=O)CC3)N2)cn1. The smallest absolute Gasteiger partial charge is 0.221 e. The van der Waals surface area contributed by atoms with Gasteiger partial charge in [-0.15, -0.1) is 0 Å². The molecule has 2 aliphatic heterocycles. The van der Waals surface area contributed by atoms with Gasteiger partial charge < -0.3 is 11.1 Å². The number of hydrogen-bond acceptors (Lipinski definition) is 9. The standard InChI is InChI=1S/C11H19N9O/c12-10-14-5-8(6-15-10)20-17-7-16-11(18-20)19-3-1-9(21)13-2-4-19/h5-6,11,16-18H,1-4,7H2,(H,13,21)(H2,12,14,15). The number of carbonyl (C=O) groups is 1. The van der Waals surface area contributed by atoms with Crippen molar-refractivity contribution in [1.82, 2.24) is 36.4 Å². The second-order valence-electron chi connectivity index (χ2n) is 4.84. The first-order valence-corrected chi connectivity index (χ1v) is 6.84. The van der Waals surface area contributed by atoms with Crippen LogP contribution in [0.1, 0.15) is 6.42 Å². The third-order valence-corrected chi connectivity index (χ3v) is 3.41. The van der Waals surface area contributed by atoms with Gasteiger partial charge in [0.1, 0.15) is 12.0 Å². The van der Waals surface area contributed by atoms with E-state index in [-0.39, 0.29) is 18.1 Å². The molecule has 0 aromatic carbocycles. The molecule has 1 aromatic heterocycles.